The molecule has 3 nitrogen and oxygen atoms in total. The lowest BCUT2D eigenvalue weighted by molar-refractivity contribution is -0.140. The number of nitrogens with zero attached hydrogens (tertiary/aromatic N) is 1. The van der Waals surface area contributed by atoms with E-state index < -0.39 is 29.0 Å². The van der Waals surface area contributed by atoms with Crippen molar-refractivity contribution in [2.24, 2.45) is 11.7 Å². The summed E-state index contributed by atoms with van der Waals surface area (Å²) in [4.78, 5) is 13.7. The van der Waals surface area contributed by atoms with Gasteiger partial charge in [0, 0.05) is 19.1 Å². The summed E-state index contributed by atoms with van der Waals surface area (Å²) in [6.07, 6.45) is -3.26. The molecule has 1 amide bonds. The summed E-state index contributed by atoms with van der Waals surface area (Å²) in [6, 6.07) is 2.64. The van der Waals surface area contributed by atoms with Gasteiger partial charge in [0.25, 0.3) is 5.91 Å². The highest BCUT2D eigenvalue weighted by molar-refractivity contribution is 5.94. The van der Waals surface area contributed by atoms with Crippen molar-refractivity contribution in [3.05, 3.63) is 35.1 Å². The smallest absolute Gasteiger partial charge is 0.338 e. The van der Waals surface area contributed by atoms with Crippen LogP contribution in [-0.4, -0.2) is 29.9 Å². The number of nitrogens with two attached hydrogens (primary N) is 1. The van der Waals surface area contributed by atoms with Crippen molar-refractivity contribution in [2.75, 3.05) is 13.1 Å². The van der Waals surface area contributed by atoms with Crippen molar-refractivity contribution in [3.8, 4) is 0 Å². The summed E-state index contributed by atoms with van der Waals surface area (Å²) < 4.78 is 52.2. The molecule has 1 aliphatic heterocycles. The van der Waals surface area contributed by atoms with Gasteiger partial charge >= 0.3 is 6.18 Å². The first-order valence-corrected chi connectivity index (χ1v) is 7.12. The topological polar surface area (TPSA) is 46.3 Å². The van der Waals surface area contributed by atoms with Crippen LogP contribution in [0.5, 0.6) is 0 Å². The highest BCUT2D eigenvalue weighted by Crippen LogP contribution is 2.33. The monoisotopic (exact) mass is 318 g/mol. The number of likely N-dealkylation sites (tertiary alicyclic amines) is 1. The Labute approximate surface area is 126 Å². The van der Waals surface area contributed by atoms with E-state index in [1.165, 1.54) is 4.90 Å². The van der Waals surface area contributed by atoms with Gasteiger partial charge in [-0.25, -0.2) is 4.39 Å². The summed E-state index contributed by atoms with van der Waals surface area (Å²) in [5.74, 6) is -2.15. The molecule has 1 aromatic carbocycles. The molecule has 1 saturated heterocycles. The number of rotatable bonds is 2. The van der Waals surface area contributed by atoms with Crippen LogP contribution in [0.25, 0.3) is 0 Å². The van der Waals surface area contributed by atoms with E-state index in [4.69, 9.17) is 5.73 Å². The Morgan fingerprint density at radius 2 is 2.09 bits per heavy atom. The molecule has 0 radical (unpaired) electrons. The molecular formula is C15H18F4N2O. The Kier molecular flexibility index (Phi) is 4.75. The van der Waals surface area contributed by atoms with Gasteiger partial charge in [-0.15, -0.1) is 0 Å². The molecule has 2 rings (SSSR count). The molecule has 0 unspecified atom stereocenters. The van der Waals surface area contributed by atoms with Crippen molar-refractivity contribution < 1.29 is 22.4 Å². The van der Waals surface area contributed by atoms with E-state index in [0.29, 0.717) is 25.6 Å². The maximum Gasteiger partial charge on any atom is 0.419 e. The first-order valence-electron chi connectivity index (χ1n) is 7.12. The Morgan fingerprint density at radius 3 is 2.68 bits per heavy atom. The van der Waals surface area contributed by atoms with Gasteiger partial charge in [0.1, 0.15) is 5.82 Å². The van der Waals surface area contributed by atoms with Crippen LogP contribution in [0.3, 0.4) is 0 Å². The van der Waals surface area contributed by atoms with Crippen LogP contribution in [0.4, 0.5) is 17.6 Å². The van der Waals surface area contributed by atoms with Gasteiger partial charge in [0.05, 0.1) is 11.1 Å². The summed E-state index contributed by atoms with van der Waals surface area (Å²) >= 11 is 0. The molecule has 7 heteroatoms. The summed E-state index contributed by atoms with van der Waals surface area (Å²) in [6.45, 7) is 2.56. The Hall–Kier alpha value is -1.63. The predicted molar refractivity (Wildman–Crippen MR) is 73.7 cm³/mol. The Morgan fingerprint density at radius 1 is 1.41 bits per heavy atom. The van der Waals surface area contributed by atoms with Gasteiger partial charge < -0.3 is 10.6 Å². The molecule has 1 aliphatic rings. The van der Waals surface area contributed by atoms with Gasteiger partial charge in [-0.3, -0.25) is 4.79 Å². The van der Waals surface area contributed by atoms with Gasteiger partial charge in [-0.1, -0.05) is 6.07 Å². The molecule has 0 bridgehead atoms. The standard InChI is InChI=1S/C15H18F4N2O/c1-9(20)10-4-3-7-21(8-10)14(22)11-5-2-6-12(13(11)16)15(17,18)19/h2,5-6,9-10H,3-4,7-8,20H2,1H3/t9-,10+/m1/s1. The molecule has 2 atom stereocenters. The van der Waals surface area contributed by atoms with Crippen molar-refractivity contribution >= 4 is 5.91 Å². The number of piperidine rings is 1. The lowest BCUT2D eigenvalue weighted by atomic mass is 9.91. The van der Waals surface area contributed by atoms with E-state index in [2.05, 4.69) is 0 Å². The zero-order valence-corrected chi connectivity index (χ0v) is 12.2. The van der Waals surface area contributed by atoms with Crippen molar-refractivity contribution in [1.29, 1.82) is 0 Å². The van der Waals surface area contributed by atoms with Gasteiger partial charge in [0.15, 0.2) is 0 Å². The quantitative estimate of drug-likeness (QED) is 0.852. The first-order chi connectivity index (χ1) is 10.2. The largest absolute Gasteiger partial charge is 0.419 e. The molecule has 1 aromatic rings. The average molecular weight is 318 g/mol. The third kappa shape index (κ3) is 3.40. The van der Waals surface area contributed by atoms with Crippen LogP contribution in [0, 0.1) is 11.7 Å². The van der Waals surface area contributed by atoms with E-state index >= 15 is 0 Å². The zero-order valence-electron chi connectivity index (χ0n) is 12.2. The number of benzene rings is 1. The number of alkyl halides is 3. The molecule has 1 heterocycles. The minimum Gasteiger partial charge on any atom is -0.338 e. The second kappa shape index (κ2) is 6.24. The van der Waals surface area contributed by atoms with Crippen molar-refractivity contribution in [3.63, 3.8) is 0 Å². The SMILES string of the molecule is C[C@@H](N)[C@H]1CCCN(C(=O)c2cccc(C(F)(F)F)c2F)C1. The molecule has 1 fully saturated rings. The van der Waals surface area contributed by atoms with Crippen LogP contribution < -0.4 is 5.73 Å². The number of amides is 1. The lowest BCUT2D eigenvalue weighted by Crippen LogP contribution is -2.45. The van der Waals surface area contributed by atoms with Crippen LogP contribution in [-0.2, 0) is 6.18 Å². The third-order valence-corrected chi connectivity index (χ3v) is 4.02. The second-order valence-electron chi connectivity index (χ2n) is 5.68. The molecule has 2 N–H and O–H groups in total. The molecule has 122 valence electrons. The normalized spacial score (nSPS) is 20.8. The first kappa shape index (κ1) is 16.7. The highest BCUT2D eigenvalue weighted by Gasteiger charge is 2.36. The predicted octanol–water partition coefficient (Wildman–Crippen LogP) is 3.04. The van der Waals surface area contributed by atoms with E-state index in [-0.39, 0.29) is 12.0 Å². The zero-order chi connectivity index (χ0) is 16.5. The summed E-state index contributed by atoms with van der Waals surface area (Å²) in [5.41, 5.74) is 3.86. The van der Waals surface area contributed by atoms with E-state index in [9.17, 15) is 22.4 Å². The number of halogens is 4. The Bertz CT molecular complexity index is 557. The van der Waals surface area contributed by atoms with Crippen LogP contribution in [0.1, 0.15) is 35.7 Å². The fraction of sp³-hybridized carbons (Fsp3) is 0.533. The number of carbonyl (C=O) groups is 1. The van der Waals surface area contributed by atoms with Crippen molar-refractivity contribution in [2.45, 2.75) is 32.0 Å². The Balaban J connectivity index is 2.26. The fourth-order valence-electron chi connectivity index (χ4n) is 2.71. The van der Waals surface area contributed by atoms with Gasteiger partial charge in [-0.05, 0) is 37.8 Å². The number of hydrogen-bond acceptors (Lipinski definition) is 2. The molecule has 0 aromatic heterocycles. The number of carbonyl (C=O) groups excluding carboxylic acids is 1. The lowest BCUT2D eigenvalue weighted by Gasteiger charge is -2.34. The minimum atomic E-state index is -4.82. The fourth-order valence-corrected chi connectivity index (χ4v) is 2.71. The number of hydrogen-bond donors (Lipinski definition) is 1. The maximum atomic E-state index is 14.0. The summed E-state index contributed by atoms with van der Waals surface area (Å²) in [7, 11) is 0. The molecular weight excluding hydrogens is 300 g/mol. The van der Waals surface area contributed by atoms with Crippen LogP contribution in [0.2, 0.25) is 0 Å². The molecule has 0 saturated carbocycles. The minimum absolute atomic E-state index is 0.0755. The van der Waals surface area contributed by atoms with E-state index in [1.807, 2.05) is 6.92 Å². The van der Waals surface area contributed by atoms with E-state index in [0.717, 1.165) is 18.6 Å². The molecule has 0 aliphatic carbocycles. The maximum absolute atomic E-state index is 14.0. The molecule has 22 heavy (non-hydrogen) atoms. The van der Waals surface area contributed by atoms with Crippen LogP contribution >= 0.6 is 0 Å². The highest BCUT2D eigenvalue weighted by atomic mass is 19.4. The van der Waals surface area contributed by atoms with Gasteiger partial charge in [-0.2, -0.15) is 13.2 Å². The van der Waals surface area contributed by atoms with Gasteiger partial charge in [0.2, 0.25) is 0 Å². The third-order valence-electron chi connectivity index (χ3n) is 4.02. The van der Waals surface area contributed by atoms with Crippen molar-refractivity contribution in [1.82, 2.24) is 4.90 Å². The summed E-state index contributed by atoms with van der Waals surface area (Å²) in [5, 5.41) is 0. The average Bonchev–Trinajstić information content (AvgIpc) is 2.45. The second-order valence-corrected chi connectivity index (χ2v) is 5.68. The van der Waals surface area contributed by atoms with E-state index in [1.54, 1.807) is 0 Å². The van der Waals surface area contributed by atoms with Crippen LogP contribution in [0.15, 0.2) is 18.2 Å². The molecule has 0 spiro atoms.